The molecule has 4 rings (SSSR count). The summed E-state index contributed by atoms with van der Waals surface area (Å²) < 4.78 is 13.1. The Morgan fingerprint density at radius 1 is 1.13 bits per heavy atom. The molecule has 6 nitrogen and oxygen atoms in total. The van der Waals surface area contributed by atoms with Crippen LogP contribution in [0.5, 0.6) is 0 Å². The highest BCUT2D eigenvalue weighted by atomic mass is 19.1. The number of hydrogen-bond donors (Lipinski definition) is 1. The number of hydrogen-bond acceptors (Lipinski definition) is 4. The van der Waals surface area contributed by atoms with Crippen molar-refractivity contribution in [3.05, 3.63) is 60.2 Å². The molecule has 30 heavy (non-hydrogen) atoms. The molecule has 7 heteroatoms. The van der Waals surface area contributed by atoms with Gasteiger partial charge in [0.05, 0.1) is 11.5 Å². The van der Waals surface area contributed by atoms with Gasteiger partial charge in [-0.25, -0.2) is 4.39 Å². The molecule has 3 heterocycles. The molecule has 0 bridgehead atoms. The van der Waals surface area contributed by atoms with Crippen molar-refractivity contribution in [1.29, 1.82) is 0 Å². The second-order valence-electron chi connectivity index (χ2n) is 8.31. The summed E-state index contributed by atoms with van der Waals surface area (Å²) in [6.07, 6.45) is 5.97. The third-order valence-corrected chi connectivity index (χ3v) is 6.36. The minimum atomic E-state index is -0.318. The number of amides is 2. The number of likely N-dealkylation sites (tertiary alicyclic amines) is 2. The van der Waals surface area contributed by atoms with Crippen LogP contribution in [0.1, 0.15) is 29.6 Å². The Bertz CT molecular complexity index is 882. The Morgan fingerprint density at radius 2 is 1.87 bits per heavy atom. The molecular formula is C23H27FN4O2. The fourth-order valence-electron chi connectivity index (χ4n) is 4.71. The number of anilines is 1. The van der Waals surface area contributed by atoms with E-state index >= 15 is 0 Å². The van der Waals surface area contributed by atoms with E-state index in [-0.39, 0.29) is 23.5 Å². The molecular weight excluding hydrogens is 383 g/mol. The third kappa shape index (κ3) is 4.51. The highest BCUT2D eigenvalue weighted by Crippen LogP contribution is 2.33. The summed E-state index contributed by atoms with van der Waals surface area (Å²) in [5.74, 6) is 0.0942. The summed E-state index contributed by atoms with van der Waals surface area (Å²) in [4.78, 5) is 33.5. The second kappa shape index (κ2) is 8.92. The smallest absolute Gasteiger partial charge is 0.255 e. The number of pyridine rings is 1. The molecule has 2 unspecified atom stereocenters. The number of piperidine rings is 1. The summed E-state index contributed by atoms with van der Waals surface area (Å²) in [5.41, 5.74) is 1.25. The molecule has 2 aromatic rings. The highest BCUT2D eigenvalue weighted by molar-refractivity contribution is 5.94. The van der Waals surface area contributed by atoms with Gasteiger partial charge in [-0.05, 0) is 68.6 Å². The Labute approximate surface area is 176 Å². The van der Waals surface area contributed by atoms with Crippen LogP contribution < -0.4 is 5.32 Å². The first-order valence-electron chi connectivity index (χ1n) is 10.5. The average molecular weight is 410 g/mol. The van der Waals surface area contributed by atoms with E-state index in [1.54, 1.807) is 36.7 Å². The second-order valence-corrected chi connectivity index (χ2v) is 8.31. The predicted molar refractivity (Wildman–Crippen MR) is 112 cm³/mol. The van der Waals surface area contributed by atoms with Crippen molar-refractivity contribution in [2.24, 2.45) is 11.8 Å². The van der Waals surface area contributed by atoms with Crippen molar-refractivity contribution in [3.63, 3.8) is 0 Å². The summed E-state index contributed by atoms with van der Waals surface area (Å²) in [6.45, 7) is 2.18. The number of rotatable bonds is 4. The van der Waals surface area contributed by atoms with Gasteiger partial charge in [-0.2, -0.15) is 0 Å². The summed E-state index contributed by atoms with van der Waals surface area (Å²) in [6, 6.07) is 9.78. The molecule has 2 aliphatic heterocycles. The minimum absolute atomic E-state index is 0.0138. The van der Waals surface area contributed by atoms with Crippen molar-refractivity contribution in [1.82, 2.24) is 14.8 Å². The van der Waals surface area contributed by atoms with E-state index < -0.39 is 0 Å². The van der Waals surface area contributed by atoms with Gasteiger partial charge in [0.1, 0.15) is 5.82 Å². The van der Waals surface area contributed by atoms with Crippen LogP contribution in [-0.4, -0.2) is 59.3 Å². The van der Waals surface area contributed by atoms with E-state index in [0.717, 1.165) is 32.4 Å². The maximum Gasteiger partial charge on any atom is 0.255 e. The topological polar surface area (TPSA) is 65.5 Å². The lowest BCUT2D eigenvalue weighted by Gasteiger charge is -2.37. The van der Waals surface area contributed by atoms with Crippen molar-refractivity contribution in [2.45, 2.75) is 25.3 Å². The van der Waals surface area contributed by atoms with Crippen LogP contribution in [0.25, 0.3) is 0 Å². The first-order chi connectivity index (χ1) is 14.5. The molecule has 0 radical (unpaired) electrons. The Morgan fingerprint density at radius 3 is 2.53 bits per heavy atom. The molecule has 2 atom stereocenters. The largest absolute Gasteiger partial charge is 0.339 e. The maximum atomic E-state index is 13.1. The molecule has 0 spiro atoms. The number of benzene rings is 1. The van der Waals surface area contributed by atoms with Gasteiger partial charge >= 0.3 is 0 Å². The van der Waals surface area contributed by atoms with E-state index in [1.807, 2.05) is 4.90 Å². The Balaban J connectivity index is 1.30. The van der Waals surface area contributed by atoms with Crippen molar-refractivity contribution >= 4 is 17.5 Å². The molecule has 2 aliphatic rings. The molecule has 1 aromatic heterocycles. The normalized spacial score (nSPS) is 22.8. The SMILES string of the molecule is CN1CC(C(=O)Nc2ccc(F)cc2)CC1C1CCN(C(=O)c2cccnc2)CC1. The number of aromatic nitrogens is 1. The summed E-state index contributed by atoms with van der Waals surface area (Å²) >= 11 is 0. The standard InChI is InChI=1S/C23H27FN4O2/c1-27-15-18(22(29)26-20-6-4-19(24)5-7-20)13-21(27)16-8-11-28(12-9-16)23(30)17-3-2-10-25-14-17/h2-7,10,14,16,18,21H,8-9,11-13,15H2,1H3,(H,26,29). The fraction of sp³-hybridized carbons (Fsp3) is 0.435. The van der Waals surface area contributed by atoms with Gasteiger partial charge in [0, 0.05) is 43.8 Å². The lowest BCUT2D eigenvalue weighted by atomic mass is 9.86. The van der Waals surface area contributed by atoms with Crippen molar-refractivity contribution < 1.29 is 14.0 Å². The summed E-state index contributed by atoms with van der Waals surface area (Å²) in [5, 5.41) is 2.90. The van der Waals surface area contributed by atoms with Crippen LogP contribution in [0.15, 0.2) is 48.8 Å². The monoisotopic (exact) mass is 410 g/mol. The van der Waals surface area contributed by atoms with Gasteiger partial charge < -0.3 is 15.1 Å². The number of nitrogens with zero attached hydrogens (tertiary/aromatic N) is 3. The summed E-state index contributed by atoms with van der Waals surface area (Å²) in [7, 11) is 2.07. The van der Waals surface area contributed by atoms with Crippen LogP contribution in [-0.2, 0) is 4.79 Å². The molecule has 0 aliphatic carbocycles. The highest BCUT2D eigenvalue weighted by Gasteiger charge is 2.39. The minimum Gasteiger partial charge on any atom is -0.339 e. The van der Waals surface area contributed by atoms with Gasteiger partial charge in [0.25, 0.3) is 5.91 Å². The molecule has 1 aromatic carbocycles. The molecule has 2 saturated heterocycles. The Hall–Kier alpha value is -2.80. The Kier molecular flexibility index (Phi) is 6.08. The van der Waals surface area contributed by atoms with E-state index in [1.165, 1.54) is 12.1 Å². The first-order valence-corrected chi connectivity index (χ1v) is 10.5. The van der Waals surface area contributed by atoms with Gasteiger partial charge in [-0.3, -0.25) is 14.6 Å². The van der Waals surface area contributed by atoms with E-state index in [0.29, 0.717) is 29.8 Å². The molecule has 2 fully saturated rings. The lowest BCUT2D eigenvalue weighted by Crippen LogP contribution is -2.43. The molecule has 1 N–H and O–H groups in total. The van der Waals surface area contributed by atoms with E-state index in [9.17, 15) is 14.0 Å². The molecule has 0 saturated carbocycles. The predicted octanol–water partition coefficient (Wildman–Crippen LogP) is 3.03. The van der Waals surface area contributed by atoms with Crippen LogP contribution in [0.4, 0.5) is 10.1 Å². The first kappa shape index (κ1) is 20.5. The van der Waals surface area contributed by atoms with Crippen LogP contribution in [0.3, 0.4) is 0 Å². The van der Waals surface area contributed by atoms with Crippen LogP contribution in [0.2, 0.25) is 0 Å². The number of halogens is 1. The lowest BCUT2D eigenvalue weighted by molar-refractivity contribution is -0.119. The zero-order valence-electron chi connectivity index (χ0n) is 17.1. The zero-order valence-corrected chi connectivity index (χ0v) is 17.1. The fourth-order valence-corrected chi connectivity index (χ4v) is 4.71. The van der Waals surface area contributed by atoms with Gasteiger partial charge in [0.15, 0.2) is 0 Å². The van der Waals surface area contributed by atoms with Crippen molar-refractivity contribution in [3.8, 4) is 0 Å². The van der Waals surface area contributed by atoms with Gasteiger partial charge in [0.2, 0.25) is 5.91 Å². The van der Waals surface area contributed by atoms with Crippen molar-refractivity contribution in [2.75, 3.05) is 32.0 Å². The van der Waals surface area contributed by atoms with Gasteiger partial charge in [-0.15, -0.1) is 0 Å². The maximum absolute atomic E-state index is 13.1. The van der Waals surface area contributed by atoms with Crippen LogP contribution in [0, 0.1) is 17.7 Å². The van der Waals surface area contributed by atoms with Crippen LogP contribution >= 0.6 is 0 Å². The molecule has 2 amide bonds. The molecule has 158 valence electrons. The van der Waals surface area contributed by atoms with E-state index in [4.69, 9.17) is 0 Å². The van der Waals surface area contributed by atoms with Gasteiger partial charge in [-0.1, -0.05) is 0 Å². The number of nitrogens with one attached hydrogen (secondary N) is 1. The number of carbonyl (C=O) groups is 2. The van der Waals surface area contributed by atoms with E-state index in [2.05, 4.69) is 22.2 Å². The third-order valence-electron chi connectivity index (χ3n) is 6.36. The average Bonchev–Trinajstić information content (AvgIpc) is 3.17. The number of carbonyl (C=O) groups excluding carboxylic acids is 2. The quantitative estimate of drug-likeness (QED) is 0.842. The zero-order chi connectivity index (χ0) is 21.1.